The Morgan fingerprint density at radius 3 is 2.47 bits per heavy atom. The second-order valence-corrected chi connectivity index (χ2v) is 3.99. The number of hydrazine groups is 1. The molecule has 0 spiro atoms. The van der Waals surface area contributed by atoms with E-state index in [9.17, 15) is 0 Å². The third-order valence-electron chi connectivity index (χ3n) is 2.70. The first-order valence-corrected chi connectivity index (χ1v) is 6.44. The summed E-state index contributed by atoms with van der Waals surface area (Å²) in [6.45, 7) is 10.0. The largest absolute Gasteiger partial charge is 0.357 e. The van der Waals surface area contributed by atoms with Gasteiger partial charge in [-0.3, -0.25) is 5.01 Å². The van der Waals surface area contributed by atoms with E-state index in [0.717, 1.165) is 19.6 Å². The van der Waals surface area contributed by atoms with Crippen LogP contribution in [0.4, 0.5) is 5.69 Å². The van der Waals surface area contributed by atoms with Crippen LogP contribution in [0.1, 0.15) is 32.8 Å². The van der Waals surface area contributed by atoms with Crippen molar-refractivity contribution in [2.75, 3.05) is 18.2 Å². The molecule has 1 aromatic rings. The SMILES string of the molecule is CCNN(c1ccccc1C)C(CC)OCC. The van der Waals surface area contributed by atoms with Crippen LogP contribution in [-0.4, -0.2) is 19.4 Å². The molecule has 1 unspecified atom stereocenters. The van der Waals surface area contributed by atoms with Crippen molar-refractivity contribution < 1.29 is 4.74 Å². The molecular weight excluding hydrogens is 212 g/mol. The van der Waals surface area contributed by atoms with E-state index in [1.54, 1.807) is 0 Å². The molecule has 1 aromatic carbocycles. The first-order valence-electron chi connectivity index (χ1n) is 6.44. The third-order valence-corrected chi connectivity index (χ3v) is 2.70. The highest BCUT2D eigenvalue weighted by Crippen LogP contribution is 2.21. The standard InChI is InChI=1S/C14H24N2O/c1-5-14(17-7-3)16(15-6-2)13-11-9-8-10-12(13)4/h8-11,14-15H,5-7H2,1-4H3. The Hall–Kier alpha value is -1.06. The summed E-state index contributed by atoms with van der Waals surface area (Å²) in [7, 11) is 0. The number of hydrogen-bond acceptors (Lipinski definition) is 3. The lowest BCUT2D eigenvalue weighted by Gasteiger charge is -2.33. The molecule has 0 bridgehead atoms. The number of nitrogens with zero attached hydrogens (tertiary/aromatic N) is 1. The molecule has 0 amide bonds. The summed E-state index contributed by atoms with van der Waals surface area (Å²) >= 11 is 0. The van der Waals surface area contributed by atoms with Crippen LogP contribution in [-0.2, 0) is 4.74 Å². The van der Waals surface area contributed by atoms with E-state index in [1.165, 1.54) is 11.3 Å². The Morgan fingerprint density at radius 1 is 1.24 bits per heavy atom. The van der Waals surface area contributed by atoms with Crippen molar-refractivity contribution >= 4 is 5.69 Å². The maximum atomic E-state index is 5.78. The fourth-order valence-electron chi connectivity index (χ4n) is 1.91. The monoisotopic (exact) mass is 236 g/mol. The molecule has 0 aromatic heterocycles. The van der Waals surface area contributed by atoms with E-state index in [-0.39, 0.29) is 6.23 Å². The van der Waals surface area contributed by atoms with Crippen LogP contribution in [0.15, 0.2) is 24.3 Å². The second-order valence-electron chi connectivity index (χ2n) is 3.99. The molecule has 0 heterocycles. The fourth-order valence-corrected chi connectivity index (χ4v) is 1.91. The summed E-state index contributed by atoms with van der Waals surface area (Å²) in [4.78, 5) is 0. The number of aryl methyl sites for hydroxylation is 1. The zero-order valence-electron chi connectivity index (χ0n) is 11.4. The molecule has 0 aliphatic rings. The zero-order valence-corrected chi connectivity index (χ0v) is 11.4. The maximum Gasteiger partial charge on any atom is 0.143 e. The Balaban J connectivity index is 2.94. The minimum atomic E-state index is 0.0843. The number of hydrogen-bond donors (Lipinski definition) is 1. The van der Waals surface area contributed by atoms with Gasteiger partial charge in [-0.05, 0) is 31.9 Å². The van der Waals surface area contributed by atoms with Crippen LogP contribution < -0.4 is 10.4 Å². The smallest absolute Gasteiger partial charge is 0.143 e. The quantitative estimate of drug-likeness (QED) is 0.581. The summed E-state index contributed by atoms with van der Waals surface area (Å²) in [6, 6.07) is 8.37. The van der Waals surface area contributed by atoms with Crippen molar-refractivity contribution in [3.8, 4) is 0 Å². The molecule has 1 rings (SSSR count). The van der Waals surface area contributed by atoms with Crippen molar-refractivity contribution in [3.05, 3.63) is 29.8 Å². The summed E-state index contributed by atoms with van der Waals surface area (Å²) in [6.07, 6.45) is 1.04. The highest BCUT2D eigenvalue weighted by Gasteiger charge is 2.17. The van der Waals surface area contributed by atoms with E-state index in [2.05, 4.69) is 55.5 Å². The van der Waals surface area contributed by atoms with Gasteiger partial charge in [0.2, 0.25) is 0 Å². The van der Waals surface area contributed by atoms with Gasteiger partial charge in [0.15, 0.2) is 0 Å². The topological polar surface area (TPSA) is 24.5 Å². The first kappa shape index (κ1) is 14.0. The maximum absolute atomic E-state index is 5.78. The molecule has 0 radical (unpaired) electrons. The summed E-state index contributed by atoms with van der Waals surface area (Å²) in [5, 5.41) is 2.14. The van der Waals surface area contributed by atoms with Crippen LogP contribution in [0, 0.1) is 6.92 Å². The molecule has 0 fully saturated rings. The lowest BCUT2D eigenvalue weighted by atomic mass is 10.2. The second kappa shape index (κ2) is 7.30. The van der Waals surface area contributed by atoms with Gasteiger partial charge < -0.3 is 4.74 Å². The van der Waals surface area contributed by atoms with Gasteiger partial charge in [0.1, 0.15) is 6.23 Å². The molecule has 0 saturated heterocycles. The summed E-state index contributed by atoms with van der Waals surface area (Å²) in [5.41, 5.74) is 5.83. The number of benzene rings is 1. The number of ether oxygens (including phenoxy) is 1. The molecule has 0 aliphatic heterocycles. The number of anilines is 1. The number of rotatable bonds is 7. The summed E-state index contributed by atoms with van der Waals surface area (Å²) in [5.74, 6) is 0. The Labute approximate surface area is 105 Å². The molecule has 0 saturated carbocycles. The van der Waals surface area contributed by atoms with Gasteiger partial charge >= 0.3 is 0 Å². The van der Waals surface area contributed by atoms with Gasteiger partial charge in [0.25, 0.3) is 0 Å². The van der Waals surface area contributed by atoms with Crippen LogP contribution in [0.3, 0.4) is 0 Å². The Bertz CT molecular complexity index is 328. The van der Waals surface area contributed by atoms with Crippen molar-refractivity contribution in [1.82, 2.24) is 5.43 Å². The average molecular weight is 236 g/mol. The van der Waals surface area contributed by atoms with Crippen molar-refractivity contribution in [3.63, 3.8) is 0 Å². The van der Waals surface area contributed by atoms with Crippen LogP contribution in [0.25, 0.3) is 0 Å². The number of para-hydroxylation sites is 1. The molecule has 1 atom stereocenters. The molecule has 3 nitrogen and oxygen atoms in total. The lowest BCUT2D eigenvalue weighted by Crippen LogP contribution is -2.47. The van der Waals surface area contributed by atoms with Gasteiger partial charge in [0, 0.05) is 13.2 Å². The van der Waals surface area contributed by atoms with E-state index in [1.807, 2.05) is 6.92 Å². The molecule has 96 valence electrons. The van der Waals surface area contributed by atoms with Crippen LogP contribution in [0.5, 0.6) is 0 Å². The zero-order chi connectivity index (χ0) is 12.7. The van der Waals surface area contributed by atoms with Gasteiger partial charge in [-0.15, -0.1) is 0 Å². The molecule has 17 heavy (non-hydrogen) atoms. The third kappa shape index (κ3) is 3.72. The first-order chi connectivity index (χ1) is 8.24. The van der Waals surface area contributed by atoms with E-state index < -0.39 is 0 Å². The highest BCUT2D eigenvalue weighted by molar-refractivity contribution is 5.52. The van der Waals surface area contributed by atoms with Crippen molar-refractivity contribution in [2.24, 2.45) is 0 Å². The van der Waals surface area contributed by atoms with Gasteiger partial charge in [-0.25, -0.2) is 5.43 Å². The van der Waals surface area contributed by atoms with Crippen molar-refractivity contribution in [2.45, 2.75) is 40.3 Å². The molecule has 0 aliphatic carbocycles. The van der Waals surface area contributed by atoms with E-state index in [4.69, 9.17) is 4.74 Å². The Kier molecular flexibility index (Phi) is 6.01. The van der Waals surface area contributed by atoms with Gasteiger partial charge in [0.05, 0.1) is 5.69 Å². The lowest BCUT2D eigenvalue weighted by molar-refractivity contribution is 0.0501. The molecule has 1 N–H and O–H groups in total. The average Bonchev–Trinajstić information content (AvgIpc) is 2.34. The van der Waals surface area contributed by atoms with Crippen molar-refractivity contribution in [1.29, 1.82) is 0 Å². The van der Waals surface area contributed by atoms with Crippen LogP contribution >= 0.6 is 0 Å². The van der Waals surface area contributed by atoms with E-state index >= 15 is 0 Å². The highest BCUT2D eigenvalue weighted by atomic mass is 16.5. The minimum Gasteiger partial charge on any atom is -0.357 e. The van der Waals surface area contributed by atoms with Crippen LogP contribution in [0.2, 0.25) is 0 Å². The normalized spacial score (nSPS) is 12.5. The number of nitrogens with one attached hydrogen (secondary N) is 1. The summed E-state index contributed by atoms with van der Waals surface area (Å²) < 4.78 is 5.78. The predicted molar refractivity (Wildman–Crippen MR) is 73.0 cm³/mol. The van der Waals surface area contributed by atoms with Gasteiger partial charge in [-0.2, -0.15) is 0 Å². The Morgan fingerprint density at radius 2 is 1.94 bits per heavy atom. The predicted octanol–water partition coefficient (Wildman–Crippen LogP) is 3.10. The minimum absolute atomic E-state index is 0.0843. The van der Waals surface area contributed by atoms with E-state index in [0.29, 0.717) is 0 Å². The fraction of sp³-hybridized carbons (Fsp3) is 0.571. The molecule has 3 heteroatoms. The van der Waals surface area contributed by atoms with Gasteiger partial charge in [-0.1, -0.05) is 32.0 Å². The molecular formula is C14H24N2O.